The van der Waals surface area contributed by atoms with Gasteiger partial charge in [0.15, 0.2) is 5.13 Å². The Morgan fingerprint density at radius 1 is 1.14 bits per heavy atom. The van der Waals surface area contributed by atoms with Gasteiger partial charge in [0.25, 0.3) is 0 Å². The number of nitrogens with one attached hydrogen (secondary N) is 1. The van der Waals surface area contributed by atoms with Crippen LogP contribution >= 0.6 is 11.3 Å². The smallest absolute Gasteiger partial charge is 0.228 e. The summed E-state index contributed by atoms with van der Waals surface area (Å²) < 4.78 is 0. The van der Waals surface area contributed by atoms with Crippen molar-refractivity contribution in [1.82, 2.24) is 15.0 Å². The fourth-order valence-electron chi connectivity index (χ4n) is 2.23. The molecular weight excluding hydrogens is 294 g/mol. The van der Waals surface area contributed by atoms with Crippen molar-refractivity contribution in [2.45, 2.75) is 19.4 Å². The molecule has 22 heavy (non-hydrogen) atoms. The third kappa shape index (κ3) is 3.47. The van der Waals surface area contributed by atoms with E-state index < -0.39 is 0 Å². The number of thiazole rings is 1. The van der Waals surface area contributed by atoms with E-state index in [0.29, 0.717) is 5.95 Å². The van der Waals surface area contributed by atoms with Gasteiger partial charge in [0.05, 0.1) is 11.7 Å². The summed E-state index contributed by atoms with van der Waals surface area (Å²) in [5, 5.41) is 3.88. The van der Waals surface area contributed by atoms with Crippen LogP contribution in [0, 0.1) is 6.92 Å². The Hall–Kier alpha value is -2.31. The molecule has 1 aromatic carbocycles. The predicted molar refractivity (Wildman–Crippen MR) is 89.2 cm³/mol. The van der Waals surface area contributed by atoms with Crippen molar-refractivity contribution >= 4 is 22.4 Å². The molecule has 3 aromatic rings. The molecule has 0 saturated carbocycles. The molecule has 0 amide bonds. The number of nitrogens with two attached hydrogens (primary N) is 1. The molecule has 3 N–H and O–H groups in total. The number of aryl methyl sites for hydroxylation is 1. The highest BCUT2D eigenvalue weighted by atomic mass is 32.1. The van der Waals surface area contributed by atoms with Crippen molar-refractivity contribution in [2.24, 2.45) is 5.73 Å². The van der Waals surface area contributed by atoms with Crippen molar-refractivity contribution in [2.75, 3.05) is 5.32 Å². The molecule has 0 bridgehead atoms. The third-order valence-electron chi connectivity index (χ3n) is 3.27. The SMILES string of the molecule is Cc1sc(Nc2ncccn2)nc1[C@@H](N)Cc1ccccc1. The maximum atomic E-state index is 6.32. The Bertz CT molecular complexity index is 727. The zero-order chi connectivity index (χ0) is 15.4. The van der Waals surface area contributed by atoms with Crippen LogP contribution in [0.2, 0.25) is 0 Å². The van der Waals surface area contributed by atoms with Crippen LogP contribution in [-0.4, -0.2) is 15.0 Å². The molecule has 0 radical (unpaired) electrons. The number of aromatic nitrogens is 3. The number of hydrogen-bond acceptors (Lipinski definition) is 6. The zero-order valence-electron chi connectivity index (χ0n) is 12.2. The van der Waals surface area contributed by atoms with Gasteiger partial charge in [-0.25, -0.2) is 15.0 Å². The van der Waals surface area contributed by atoms with Crippen molar-refractivity contribution in [3.63, 3.8) is 0 Å². The van der Waals surface area contributed by atoms with Gasteiger partial charge in [0.1, 0.15) is 0 Å². The standard InChI is InChI=1S/C16H17N5S/c1-11-14(13(17)10-12-6-3-2-4-7-12)20-16(22-11)21-15-18-8-5-9-19-15/h2-9,13H,10,17H2,1H3,(H,18,19,20,21)/t13-/m0/s1. The van der Waals surface area contributed by atoms with Gasteiger partial charge < -0.3 is 11.1 Å². The Morgan fingerprint density at radius 2 is 1.86 bits per heavy atom. The van der Waals surface area contributed by atoms with Crippen LogP contribution in [-0.2, 0) is 6.42 Å². The molecular formula is C16H17N5S. The maximum Gasteiger partial charge on any atom is 0.228 e. The molecule has 1 atom stereocenters. The molecule has 2 aromatic heterocycles. The van der Waals surface area contributed by atoms with Crippen LogP contribution in [0.4, 0.5) is 11.1 Å². The molecule has 0 spiro atoms. The monoisotopic (exact) mass is 311 g/mol. The molecule has 5 nitrogen and oxygen atoms in total. The zero-order valence-corrected chi connectivity index (χ0v) is 13.0. The topological polar surface area (TPSA) is 76.7 Å². The van der Waals surface area contributed by atoms with Gasteiger partial charge in [-0.05, 0) is 25.0 Å². The van der Waals surface area contributed by atoms with Gasteiger partial charge in [-0.3, -0.25) is 0 Å². The van der Waals surface area contributed by atoms with E-state index >= 15 is 0 Å². The fourth-order valence-corrected chi connectivity index (χ4v) is 3.11. The lowest BCUT2D eigenvalue weighted by Gasteiger charge is -2.10. The number of rotatable bonds is 5. The Kier molecular flexibility index (Phi) is 4.41. The largest absolute Gasteiger partial charge is 0.322 e. The van der Waals surface area contributed by atoms with E-state index in [9.17, 15) is 0 Å². The second kappa shape index (κ2) is 6.64. The van der Waals surface area contributed by atoms with E-state index in [-0.39, 0.29) is 6.04 Å². The average Bonchev–Trinajstić information content (AvgIpc) is 2.90. The van der Waals surface area contributed by atoms with Crippen molar-refractivity contribution in [3.05, 3.63) is 64.9 Å². The summed E-state index contributed by atoms with van der Waals surface area (Å²) in [6.45, 7) is 2.04. The molecule has 112 valence electrons. The minimum absolute atomic E-state index is 0.120. The van der Waals surface area contributed by atoms with Crippen LogP contribution in [0.3, 0.4) is 0 Å². The van der Waals surface area contributed by atoms with Gasteiger partial charge in [-0.2, -0.15) is 0 Å². The van der Waals surface area contributed by atoms with Crippen LogP contribution in [0.25, 0.3) is 0 Å². The van der Waals surface area contributed by atoms with Gasteiger partial charge in [-0.15, -0.1) is 11.3 Å². The van der Waals surface area contributed by atoms with Crippen LogP contribution < -0.4 is 11.1 Å². The van der Waals surface area contributed by atoms with E-state index in [1.807, 2.05) is 25.1 Å². The summed E-state index contributed by atoms with van der Waals surface area (Å²) in [7, 11) is 0. The quantitative estimate of drug-likeness (QED) is 0.756. The molecule has 6 heteroatoms. The van der Waals surface area contributed by atoms with E-state index in [4.69, 9.17) is 5.73 Å². The van der Waals surface area contributed by atoms with E-state index in [1.54, 1.807) is 29.8 Å². The second-order valence-electron chi connectivity index (χ2n) is 4.95. The molecule has 0 saturated heterocycles. The average molecular weight is 311 g/mol. The van der Waals surface area contributed by atoms with Crippen molar-refractivity contribution in [3.8, 4) is 0 Å². The van der Waals surface area contributed by atoms with Crippen LogP contribution in [0.1, 0.15) is 22.2 Å². The first-order valence-corrected chi connectivity index (χ1v) is 7.85. The first kappa shape index (κ1) is 14.6. The maximum absolute atomic E-state index is 6.32. The third-order valence-corrected chi connectivity index (χ3v) is 4.17. The first-order chi connectivity index (χ1) is 10.7. The lowest BCUT2D eigenvalue weighted by Crippen LogP contribution is -2.14. The Balaban J connectivity index is 1.74. The summed E-state index contributed by atoms with van der Waals surface area (Å²) in [4.78, 5) is 14.0. The second-order valence-corrected chi connectivity index (χ2v) is 6.16. The van der Waals surface area contributed by atoms with E-state index in [2.05, 4.69) is 32.4 Å². The number of anilines is 2. The summed E-state index contributed by atoms with van der Waals surface area (Å²) >= 11 is 1.57. The molecule has 0 aliphatic rings. The van der Waals surface area contributed by atoms with Crippen molar-refractivity contribution < 1.29 is 0 Å². The number of hydrogen-bond donors (Lipinski definition) is 2. The molecule has 0 fully saturated rings. The minimum Gasteiger partial charge on any atom is -0.322 e. The number of nitrogens with zero attached hydrogens (tertiary/aromatic N) is 3. The highest BCUT2D eigenvalue weighted by molar-refractivity contribution is 7.15. The van der Waals surface area contributed by atoms with Crippen molar-refractivity contribution in [1.29, 1.82) is 0 Å². The van der Waals surface area contributed by atoms with Crippen LogP contribution in [0.15, 0.2) is 48.8 Å². The highest BCUT2D eigenvalue weighted by Crippen LogP contribution is 2.28. The summed E-state index contributed by atoms with van der Waals surface area (Å²) in [6.07, 6.45) is 4.16. The summed E-state index contributed by atoms with van der Waals surface area (Å²) in [5.74, 6) is 0.541. The van der Waals surface area contributed by atoms with Gasteiger partial charge in [0.2, 0.25) is 5.95 Å². The number of benzene rings is 1. The minimum atomic E-state index is -0.120. The summed E-state index contributed by atoms with van der Waals surface area (Å²) in [5.41, 5.74) is 8.45. The molecule has 2 heterocycles. The lowest BCUT2D eigenvalue weighted by atomic mass is 10.0. The Labute approximate surface area is 133 Å². The van der Waals surface area contributed by atoms with E-state index in [1.165, 1.54) is 5.56 Å². The Morgan fingerprint density at radius 3 is 2.59 bits per heavy atom. The highest BCUT2D eigenvalue weighted by Gasteiger charge is 2.16. The lowest BCUT2D eigenvalue weighted by molar-refractivity contribution is 0.698. The van der Waals surface area contributed by atoms with Gasteiger partial charge >= 0.3 is 0 Å². The van der Waals surface area contributed by atoms with Gasteiger partial charge in [0, 0.05) is 17.3 Å². The molecule has 0 unspecified atom stereocenters. The van der Waals surface area contributed by atoms with Crippen LogP contribution in [0.5, 0.6) is 0 Å². The fraction of sp³-hybridized carbons (Fsp3) is 0.188. The predicted octanol–water partition coefficient (Wildman–Crippen LogP) is 3.23. The van der Waals surface area contributed by atoms with Gasteiger partial charge in [-0.1, -0.05) is 30.3 Å². The van der Waals surface area contributed by atoms with E-state index in [0.717, 1.165) is 22.1 Å². The summed E-state index contributed by atoms with van der Waals surface area (Å²) in [6, 6.07) is 11.9. The molecule has 0 aliphatic carbocycles. The first-order valence-electron chi connectivity index (χ1n) is 7.03. The normalized spacial score (nSPS) is 12.1. The molecule has 3 rings (SSSR count). The molecule has 0 aliphatic heterocycles.